The first-order chi connectivity index (χ1) is 13.1. The van der Waals surface area contributed by atoms with Crippen LogP contribution in [0, 0.1) is 0 Å². The molecule has 7 heteroatoms. The van der Waals surface area contributed by atoms with Crippen LogP contribution in [0.3, 0.4) is 0 Å². The van der Waals surface area contributed by atoms with Crippen LogP contribution in [-0.2, 0) is 4.79 Å². The molecule has 2 aromatic carbocycles. The Morgan fingerprint density at radius 1 is 0.889 bits per heavy atom. The minimum absolute atomic E-state index is 0.0608. The molecule has 0 aliphatic carbocycles. The molecule has 0 saturated heterocycles. The molecule has 1 amide bonds. The highest BCUT2D eigenvalue weighted by Gasteiger charge is 2.25. The van der Waals surface area contributed by atoms with E-state index in [9.17, 15) is 14.4 Å². The van der Waals surface area contributed by atoms with Crippen molar-refractivity contribution in [1.29, 1.82) is 0 Å². The Hall–Kier alpha value is -3.87. The molecule has 0 fully saturated rings. The van der Waals surface area contributed by atoms with Gasteiger partial charge >= 0.3 is 0 Å². The monoisotopic (exact) mass is 361 g/mol. The van der Waals surface area contributed by atoms with Crippen molar-refractivity contribution in [3.63, 3.8) is 0 Å². The van der Waals surface area contributed by atoms with Crippen molar-refractivity contribution in [2.24, 2.45) is 0 Å². The van der Waals surface area contributed by atoms with E-state index in [2.05, 4.69) is 15.3 Å². The fraction of sp³-hybridized carbons (Fsp3) is 0.0500. The maximum atomic E-state index is 12.6. The summed E-state index contributed by atoms with van der Waals surface area (Å²) in [7, 11) is 1.56. The number of rotatable bonds is 2. The van der Waals surface area contributed by atoms with Crippen LogP contribution in [0.1, 0.15) is 11.1 Å². The van der Waals surface area contributed by atoms with Gasteiger partial charge in [0.1, 0.15) is 16.4 Å². The average Bonchev–Trinajstić information content (AvgIpc) is 3.00. The largest absolute Gasteiger partial charge is 0.497 e. The first-order valence-corrected chi connectivity index (χ1v) is 8.20. The normalized spacial score (nSPS) is 15.4. The zero-order chi connectivity index (χ0) is 19.0. The van der Waals surface area contributed by atoms with Gasteiger partial charge in [-0.1, -0.05) is 30.3 Å². The predicted octanol–water partition coefficient (Wildman–Crippen LogP) is 0.0517. The van der Waals surface area contributed by atoms with Gasteiger partial charge < -0.3 is 20.0 Å². The van der Waals surface area contributed by atoms with Crippen LogP contribution in [0.4, 0.5) is 5.69 Å². The number of methoxy groups -OCH3 is 1. The number of para-hydroxylation sites is 1. The van der Waals surface area contributed by atoms with Crippen LogP contribution in [0.15, 0.2) is 58.1 Å². The van der Waals surface area contributed by atoms with E-state index in [-0.39, 0.29) is 16.3 Å². The van der Waals surface area contributed by atoms with Gasteiger partial charge in [-0.3, -0.25) is 14.4 Å². The van der Waals surface area contributed by atoms with E-state index >= 15 is 0 Å². The van der Waals surface area contributed by atoms with Crippen molar-refractivity contribution >= 4 is 23.2 Å². The summed E-state index contributed by atoms with van der Waals surface area (Å²) in [4.78, 5) is 42.4. The van der Waals surface area contributed by atoms with Crippen LogP contribution in [0.25, 0.3) is 11.6 Å². The summed E-state index contributed by atoms with van der Waals surface area (Å²) in [5.41, 5.74) is 1.02. The topological polar surface area (TPSA) is 104 Å². The van der Waals surface area contributed by atoms with E-state index in [1.165, 1.54) is 0 Å². The SMILES string of the molecule is COc1ccc(/C=c2/[nH]c(=O)/c(=C3/C(=O)Nc4ccccc43)[nH]c2=O)cc1. The second-order valence-electron chi connectivity index (χ2n) is 5.99. The molecule has 0 bridgehead atoms. The molecular formula is C20H15N3O4. The standard InChI is InChI=1S/C20H15N3O4/c1-27-12-8-6-11(7-9-12)10-15-18(24)23-17(20(26)22-15)16-13-4-2-3-5-14(13)21-19(16)25/h2-10H,1H3,(H,21,25)(H,22,26)(H,23,24)/b15-10+,17-16-. The van der Waals surface area contributed by atoms with Gasteiger partial charge in [-0.25, -0.2) is 0 Å². The lowest BCUT2D eigenvalue weighted by atomic mass is 10.1. The molecule has 2 heterocycles. The Kier molecular flexibility index (Phi) is 3.97. The van der Waals surface area contributed by atoms with E-state index in [0.29, 0.717) is 17.0 Å². The number of nitrogens with one attached hydrogen (secondary N) is 3. The Bertz CT molecular complexity index is 1280. The molecule has 4 rings (SSSR count). The summed E-state index contributed by atoms with van der Waals surface area (Å²) in [5, 5.41) is 2.72. The Balaban J connectivity index is 1.91. The van der Waals surface area contributed by atoms with Crippen molar-refractivity contribution in [3.8, 4) is 5.75 Å². The number of ether oxygens (including phenoxy) is 1. The highest BCUT2D eigenvalue weighted by atomic mass is 16.5. The van der Waals surface area contributed by atoms with E-state index in [0.717, 1.165) is 5.56 Å². The molecule has 1 aliphatic heterocycles. The molecule has 3 N–H and O–H groups in total. The van der Waals surface area contributed by atoms with Gasteiger partial charge in [0.25, 0.3) is 17.0 Å². The number of amides is 1. The summed E-state index contributed by atoms with van der Waals surface area (Å²) in [6.45, 7) is 0. The van der Waals surface area contributed by atoms with Gasteiger partial charge in [0.05, 0.1) is 12.7 Å². The first-order valence-electron chi connectivity index (χ1n) is 8.20. The summed E-state index contributed by atoms with van der Waals surface area (Å²) in [5.74, 6) is 0.261. The molecule has 0 unspecified atom stereocenters. The molecule has 0 radical (unpaired) electrons. The molecule has 0 atom stereocenters. The minimum atomic E-state index is -0.545. The second kappa shape index (κ2) is 6.45. The Morgan fingerprint density at radius 3 is 2.37 bits per heavy atom. The van der Waals surface area contributed by atoms with E-state index < -0.39 is 17.0 Å². The van der Waals surface area contributed by atoms with Crippen LogP contribution < -0.4 is 31.9 Å². The lowest BCUT2D eigenvalue weighted by molar-refractivity contribution is -0.110. The predicted molar refractivity (Wildman–Crippen MR) is 101 cm³/mol. The van der Waals surface area contributed by atoms with Gasteiger partial charge in [-0.15, -0.1) is 0 Å². The van der Waals surface area contributed by atoms with E-state index in [1.54, 1.807) is 61.7 Å². The quantitative estimate of drug-likeness (QED) is 0.600. The van der Waals surface area contributed by atoms with Crippen LogP contribution in [0.5, 0.6) is 5.75 Å². The number of carbonyl (C=O) groups is 1. The number of carbonyl (C=O) groups excluding carboxylic acids is 1. The van der Waals surface area contributed by atoms with Gasteiger partial charge in [0.15, 0.2) is 0 Å². The van der Waals surface area contributed by atoms with E-state index in [1.807, 2.05) is 0 Å². The zero-order valence-electron chi connectivity index (χ0n) is 14.3. The molecule has 1 aromatic heterocycles. The lowest BCUT2D eigenvalue weighted by Gasteiger charge is -1.99. The molecule has 0 saturated carbocycles. The Morgan fingerprint density at radius 2 is 1.63 bits per heavy atom. The number of hydrogen-bond acceptors (Lipinski definition) is 4. The van der Waals surface area contributed by atoms with E-state index in [4.69, 9.17) is 4.74 Å². The zero-order valence-corrected chi connectivity index (χ0v) is 14.3. The van der Waals surface area contributed by atoms with Gasteiger partial charge in [0, 0.05) is 11.3 Å². The Labute approximate surface area is 152 Å². The minimum Gasteiger partial charge on any atom is -0.497 e. The fourth-order valence-electron chi connectivity index (χ4n) is 2.99. The molecule has 7 nitrogen and oxygen atoms in total. The second-order valence-corrected chi connectivity index (χ2v) is 5.99. The van der Waals surface area contributed by atoms with Crippen molar-refractivity contribution in [3.05, 3.63) is 91.1 Å². The molecule has 3 aromatic rings. The van der Waals surface area contributed by atoms with Crippen LogP contribution in [-0.4, -0.2) is 23.0 Å². The first kappa shape index (κ1) is 16.6. The smallest absolute Gasteiger partial charge is 0.273 e. The summed E-state index contributed by atoms with van der Waals surface area (Å²) < 4.78 is 5.09. The number of aromatic nitrogens is 2. The lowest BCUT2D eigenvalue weighted by Crippen LogP contribution is -2.48. The maximum absolute atomic E-state index is 12.6. The number of benzene rings is 2. The molecular weight excluding hydrogens is 346 g/mol. The third-order valence-corrected chi connectivity index (χ3v) is 4.31. The number of H-pyrrole nitrogens is 2. The average molecular weight is 361 g/mol. The molecule has 1 aliphatic rings. The van der Waals surface area contributed by atoms with Gasteiger partial charge in [0.2, 0.25) is 0 Å². The van der Waals surface area contributed by atoms with Crippen molar-refractivity contribution in [2.45, 2.75) is 0 Å². The molecule has 0 spiro atoms. The molecule has 134 valence electrons. The number of anilines is 1. The highest BCUT2D eigenvalue weighted by Crippen LogP contribution is 2.28. The van der Waals surface area contributed by atoms with Crippen molar-refractivity contribution < 1.29 is 9.53 Å². The van der Waals surface area contributed by atoms with Crippen molar-refractivity contribution in [1.82, 2.24) is 9.97 Å². The third kappa shape index (κ3) is 2.95. The number of fused-ring (bicyclic) bond motifs is 1. The summed E-state index contributed by atoms with van der Waals surface area (Å²) >= 11 is 0. The number of hydrogen-bond donors (Lipinski definition) is 3. The number of aromatic amines is 2. The summed E-state index contributed by atoms with van der Waals surface area (Å²) in [6, 6.07) is 14.0. The highest BCUT2D eigenvalue weighted by molar-refractivity contribution is 6.31. The summed E-state index contributed by atoms with van der Waals surface area (Å²) in [6.07, 6.45) is 1.55. The maximum Gasteiger partial charge on any atom is 0.273 e. The van der Waals surface area contributed by atoms with Crippen LogP contribution >= 0.6 is 0 Å². The fourth-order valence-corrected chi connectivity index (χ4v) is 2.99. The van der Waals surface area contributed by atoms with Gasteiger partial charge in [-0.05, 0) is 29.8 Å². The molecule has 27 heavy (non-hydrogen) atoms. The van der Waals surface area contributed by atoms with Crippen LogP contribution in [0.2, 0.25) is 0 Å². The van der Waals surface area contributed by atoms with Gasteiger partial charge in [-0.2, -0.15) is 0 Å². The van der Waals surface area contributed by atoms with Crippen molar-refractivity contribution in [2.75, 3.05) is 12.4 Å². The third-order valence-electron chi connectivity index (χ3n) is 4.31.